The second-order valence-corrected chi connectivity index (χ2v) is 8.10. The normalized spacial score (nSPS) is 20.8. The summed E-state index contributed by atoms with van der Waals surface area (Å²) in [5.41, 5.74) is -0.135. The second-order valence-electron chi connectivity index (χ2n) is 8.10. The smallest absolute Gasteiger partial charge is 0.308 e. The highest BCUT2D eigenvalue weighted by atomic mass is 16.6. The van der Waals surface area contributed by atoms with Gasteiger partial charge in [0.2, 0.25) is 17.7 Å². The van der Waals surface area contributed by atoms with Crippen LogP contribution >= 0.6 is 0 Å². The van der Waals surface area contributed by atoms with Crippen LogP contribution in [0, 0.1) is 22.0 Å². The van der Waals surface area contributed by atoms with E-state index in [9.17, 15) is 29.3 Å². The van der Waals surface area contributed by atoms with E-state index in [-0.39, 0.29) is 17.7 Å². The molecule has 3 rings (SSSR count). The van der Waals surface area contributed by atoms with Gasteiger partial charge in [-0.25, -0.2) is 0 Å². The molecule has 10 heteroatoms. The Bertz CT molecular complexity index is 946. The predicted octanol–water partition coefficient (Wildman–Crippen LogP) is 2.04. The first-order valence-electron chi connectivity index (χ1n) is 10.4. The van der Waals surface area contributed by atoms with E-state index in [1.54, 1.807) is 19.9 Å². The maximum Gasteiger partial charge on any atom is 0.308 e. The molecule has 1 saturated heterocycles. The lowest BCUT2D eigenvalue weighted by Gasteiger charge is -2.21. The number of fused-ring (bicyclic) bond motifs is 1. The molecule has 1 aliphatic carbocycles. The molecule has 10 nitrogen and oxygen atoms in total. The van der Waals surface area contributed by atoms with Crippen molar-refractivity contribution in [1.29, 1.82) is 0 Å². The lowest BCUT2D eigenvalue weighted by molar-refractivity contribution is -0.385. The molecule has 0 aromatic heterocycles. The van der Waals surface area contributed by atoms with Gasteiger partial charge in [0.05, 0.1) is 40.9 Å². The molecule has 1 heterocycles. The van der Waals surface area contributed by atoms with Crippen LogP contribution in [-0.2, 0) is 23.9 Å². The number of likely N-dealkylation sites (tertiary alicyclic amines) is 1. The molecule has 1 aliphatic heterocycles. The Morgan fingerprint density at radius 3 is 2.31 bits per heavy atom. The van der Waals surface area contributed by atoms with E-state index in [0.29, 0.717) is 12.8 Å². The molecule has 0 bridgehead atoms. The van der Waals surface area contributed by atoms with Crippen LogP contribution in [0.3, 0.4) is 0 Å². The summed E-state index contributed by atoms with van der Waals surface area (Å²) in [5.74, 6) is -3.07. The van der Waals surface area contributed by atoms with Crippen molar-refractivity contribution in [2.75, 3.05) is 6.54 Å². The highest BCUT2D eigenvalue weighted by molar-refractivity contribution is 6.07. The topological polar surface area (TPSA) is 136 Å². The number of amides is 3. The van der Waals surface area contributed by atoms with Crippen molar-refractivity contribution in [2.24, 2.45) is 11.8 Å². The van der Waals surface area contributed by atoms with Crippen molar-refractivity contribution < 1.29 is 28.8 Å². The molecule has 3 atom stereocenters. The monoisotopic (exact) mass is 443 g/mol. The Labute approximate surface area is 184 Å². The predicted molar refractivity (Wildman–Crippen MR) is 112 cm³/mol. The van der Waals surface area contributed by atoms with Gasteiger partial charge in [0, 0.05) is 6.07 Å². The summed E-state index contributed by atoms with van der Waals surface area (Å²) in [6, 6.07) is 4.68. The first-order valence-corrected chi connectivity index (χ1v) is 10.4. The largest absolute Gasteiger partial charge is 0.463 e. The van der Waals surface area contributed by atoms with E-state index in [1.807, 2.05) is 12.2 Å². The minimum Gasteiger partial charge on any atom is -0.463 e. The number of rotatable bonds is 8. The first-order chi connectivity index (χ1) is 15.2. The van der Waals surface area contributed by atoms with Gasteiger partial charge in [-0.2, -0.15) is 0 Å². The molecule has 0 spiro atoms. The van der Waals surface area contributed by atoms with Crippen LogP contribution in [0.5, 0.6) is 0 Å². The Hall–Kier alpha value is -3.56. The maximum absolute atomic E-state index is 12.8. The Morgan fingerprint density at radius 2 is 1.75 bits per heavy atom. The van der Waals surface area contributed by atoms with Crippen LogP contribution in [0.2, 0.25) is 0 Å². The maximum atomic E-state index is 12.8. The Morgan fingerprint density at radius 1 is 1.16 bits per heavy atom. The van der Waals surface area contributed by atoms with E-state index < -0.39 is 59.1 Å². The molecule has 0 saturated carbocycles. The van der Waals surface area contributed by atoms with E-state index in [4.69, 9.17) is 4.74 Å². The van der Waals surface area contributed by atoms with Crippen LogP contribution in [0.4, 0.5) is 5.69 Å². The Balaban J connectivity index is 1.78. The molecule has 3 unspecified atom stereocenters. The van der Waals surface area contributed by atoms with Crippen molar-refractivity contribution >= 4 is 29.4 Å². The van der Waals surface area contributed by atoms with Crippen LogP contribution in [0.1, 0.15) is 44.7 Å². The average Bonchev–Trinajstić information content (AvgIpc) is 2.97. The number of imide groups is 1. The zero-order valence-corrected chi connectivity index (χ0v) is 17.9. The number of nitrogens with one attached hydrogen (secondary N) is 1. The summed E-state index contributed by atoms with van der Waals surface area (Å²) in [5, 5.41) is 14.0. The first kappa shape index (κ1) is 23.1. The fourth-order valence-corrected chi connectivity index (χ4v) is 4.07. The third kappa shape index (κ3) is 5.01. The third-order valence-electron chi connectivity index (χ3n) is 5.48. The second kappa shape index (κ2) is 9.71. The summed E-state index contributed by atoms with van der Waals surface area (Å²) >= 11 is 0. The molecule has 1 N–H and O–H groups in total. The fourth-order valence-electron chi connectivity index (χ4n) is 4.07. The minimum atomic E-state index is -1.06. The molecule has 1 aromatic carbocycles. The number of benzene rings is 1. The van der Waals surface area contributed by atoms with Crippen molar-refractivity contribution in [2.45, 2.75) is 45.3 Å². The number of nitro groups is 1. The number of nitro benzene ring substituents is 1. The van der Waals surface area contributed by atoms with Crippen LogP contribution in [0.25, 0.3) is 0 Å². The molecule has 2 aliphatic rings. The summed E-state index contributed by atoms with van der Waals surface area (Å²) in [6.07, 6.45) is 3.86. The zero-order valence-electron chi connectivity index (χ0n) is 17.9. The van der Waals surface area contributed by atoms with Gasteiger partial charge in [-0.1, -0.05) is 30.4 Å². The van der Waals surface area contributed by atoms with Gasteiger partial charge in [0.1, 0.15) is 6.54 Å². The van der Waals surface area contributed by atoms with Gasteiger partial charge in [0.25, 0.3) is 5.69 Å². The molecular formula is C22H25N3O7. The summed E-state index contributed by atoms with van der Waals surface area (Å²) in [7, 11) is 0. The highest BCUT2D eigenvalue weighted by Gasteiger charge is 2.47. The highest BCUT2D eigenvalue weighted by Crippen LogP contribution is 2.35. The van der Waals surface area contributed by atoms with E-state index >= 15 is 0 Å². The third-order valence-corrected chi connectivity index (χ3v) is 5.48. The molecule has 1 fully saturated rings. The molecule has 32 heavy (non-hydrogen) atoms. The van der Waals surface area contributed by atoms with Gasteiger partial charge in [0.15, 0.2) is 0 Å². The fraction of sp³-hybridized carbons (Fsp3) is 0.455. The van der Waals surface area contributed by atoms with Crippen molar-refractivity contribution in [3.63, 3.8) is 0 Å². The standard InChI is InChI=1S/C22H25N3O7/c1-13(2)32-20(27)11-17(16-9-5-6-10-18(16)25(30)31)23-19(26)12-24-21(28)14-7-3-4-8-15(14)22(24)29/h3-6,9-10,13-15,17H,7-8,11-12H2,1-2H3,(H,23,26). The lowest BCUT2D eigenvalue weighted by Crippen LogP contribution is -2.42. The van der Waals surface area contributed by atoms with Crippen LogP contribution in [-0.4, -0.2) is 46.2 Å². The molecule has 1 aromatic rings. The quantitative estimate of drug-likeness (QED) is 0.213. The number of nitrogens with zero attached hydrogens (tertiary/aromatic N) is 2. The number of carbonyl (C=O) groups excluding carboxylic acids is 4. The van der Waals surface area contributed by atoms with Crippen molar-refractivity contribution in [3.05, 3.63) is 52.1 Å². The molecule has 0 radical (unpaired) electrons. The van der Waals surface area contributed by atoms with E-state index in [2.05, 4.69) is 5.32 Å². The molecule has 3 amide bonds. The van der Waals surface area contributed by atoms with E-state index in [0.717, 1.165) is 4.90 Å². The summed E-state index contributed by atoms with van der Waals surface area (Å²) in [6.45, 7) is 2.81. The van der Waals surface area contributed by atoms with Gasteiger partial charge < -0.3 is 10.1 Å². The Kier molecular flexibility index (Phi) is 7.01. The zero-order chi connectivity index (χ0) is 23.4. The molecule has 170 valence electrons. The van der Waals surface area contributed by atoms with Gasteiger partial charge >= 0.3 is 5.97 Å². The number of hydrogen-bond donors (Lipinski definition) is 1. The van der Waals surface area contributed by atoms with Gasteiger partial charge in [-0.3, -0.25) is 34.2 Å². The van der Waals surface area contributed by atoms with Gasteiger partial charge in [-0.05, 0) is 26.7 Å². The number of allylic oxidation sites excluding steroid dienone is 2. The average molecular weight is 443 g/mol. The number of para-hydroxylation sites is 1. The SMILES string of the molecule is CC(C)OC(=O)CC(NC(=O)CN1C(=O)C2CC=CCC2C1=O)c1ccccc1[N+](=O)[O-]. The summed E-state index contributed by atoms with van der Waals surface area (Å²) in [4.78, 5) is 62.0. The lowest BCUT2D eigenvalue weighted by atomic mass is 9.85. The molecular weight excluding hydrogens is 418 g/mol. The van der Waals surface area contributed by atoms with Crippen LogP contribution < -0.4 is 5.32 Å². The van der Waals surface area contributed by atoms with Crippen LogP contribution in [0.15, 0.2) is 36.4 Å². The van der Waals surface area contributed by atoms with Gasteiger partial charge in [-0.15, -0.1) is 0 Å². The minimum absolute atomic E-state index is 0.128. The van der Waals surface area contributed by atoms with E-state index in [1.165, 1.54) is 18.2 Å². The number of hydrogen-bond acceptors (Lipinski definition) is 7. The van der Waals surface area contributed by atoms with Crippen molar-refractivity contribution in [3.8, 4) is 0 Å². The number of carbonyl (C=O) groups is 4. The number of esters is 1. The van der Waals surface area contributed by atoms with Crippen molar-refractivity contribution in [1.82, 2.24) is 10.2 Å². The summed E-state index contributed by atoms with van der Waals surface area (Å²) < 4.78 is 5.13. The number of ether oxygens (including phenoxy) is 1.